The first kappa shape index (κ1) is 8.95. The third-order valence-electron chi connectivity index (χ3n) is 1.17. The van der Waals surface area contributed by atoms with Crippen LogP contribution in [0.4, 0.5) is 4.39 Å². The Hall–Kier alpha value is -1.14. The van der Waals surface area contributed by atoms with Crippen LogP contribution in [-0.2, 0) is 0 Å². The van der Waals surface area contributed by atoms with E-state index >= 15 is 0 Å². The molecule has 0 unspecified atom stereocenters. The predicted octanol–water partition coefficient (Wildman–Crippen LogP) is 2.46. The molecule has 0 N–H and O–H groups in total. The molecule has 0 atom stereocenters. The van der Waals surface area contributed by atoms with Crippen molar-refractivity contribution in [2.45, 2.75) is 0 Å². The molecule has 0 saturated carbocycles. The molecule has 0 amide bonds. The maximum absolute atomic E-state index is 12.6. The average molecular weight is 274 g/mol. The van der Waals surface area contributed by atoms with E-state index in [-0.39, 0.29) is 5.82 Å². The summed E-state index contributed by atoms with van der Waals surface area (Å²) in [5, 5.41) is 17.1. The van der Waals surface area contributed by atoms with Gasteiger partial charge in [-0.1, -0.05) is 0 Å². The number of nitriles is 2. The number of nitrogens with zero attached hydrogens (tertiary/aromatic N) is 2. The van der Waals surface area contributed by atoms with E-state index in [1.807, 2.05) is 8.15 Å². The van der Waals surface area contributed by atoms with Crippen LogP contribution >= 0.6 is 19.8 Å². The zero-order chi connectivity index (χ0) is 8.97. The molecule has 0 heterocycles. The first-order chi connectivity index (χ1) is 5.77. The molecule has 0 saturated heterocycles. The van der Waals surface area contributed by atoms with Crippen LogP contribution < -0.4 is 0 Å². The van der Waals surface area contributed by atoms with Crippen molar-refractivity contribution in [3.63, 3.8) is 0 Å². The molecular formula is C8H4FIN2. The predicted molar refractivity (Wildman–Crippen MR) is 50.3 cm³/mol. The van der Waals surface area contributed by atoms with Gasteiger partial charge < -0.3 is 0 Å². The minimum atomic E-state index is -2.38. The van der Waals surface area contributed by atoms with E-state index in [0.29, 0.717) is 3.57 Å². The number of hydrogen-bond donors (Lipinski definition) is 0. The summed E-state index contributed by atoms with van der Waals surface area (Å²) in [5.74, 6) is -0.389. The molecule has 0 radical (unpaired) electrons. The fourth-order valence-electron chi connectivity index (χ4n) is 0.694. The monoisotopic (exact) mass is 274 g/mol. The molecule has 4 heteroatoms. The summed E-state index contributed by atoms with van der Waals surface area (Å²) in [6, 6.07) is 5.70. The zero-order valence-electron chi connectivity index (χ0n) is 5.96. The number of rotatable bonds is 1. The summed E-state index contributed by atoms with van der Waals surface area (Å²) < 4.78 is 17.0. The Morgan fingerprint density at radius 1 is 1.25 bits per heavy atom. The topological polar surface area (TPSA) is 47.6 Å². The van der Waals surface area contributed by atoms with Crippen molar-refractivity contribution in [2.75, 3.05) is 0 Å². The molecule has 0 aliphatic rings. The third-order valence-corrected chi connectivity index (χ3v) is 4.06. The zero-order valence-corrected chi connectivity index (χ0v) is 8.12. The van der Waals surface area contributed by atoms with E-state index in [2.05, 4.69) is 0 Å². The molecule has 1 aromatic rings. The number of hydrogen-bond acceptors (Lipinski definition) is 2. The third kappa shape index (κ3) is 1.93. The van der Waals surface area contributed by atoms with Crippen molar-refractivity contribution >= 4 is 19.8 Å². The van der Waals surface area contributed by atoms with E-state index in [4.69, 9.17) is 10.5 Å². The Bertz CT molecular complexity index is 350. The van der Waals surface area contributed by atoms with Gasteiger partial charge in [0.1, 0.15) is 0 Å². The summed E-state index contributed by atoms with van der Waals surface area (Å²) in [7, 11) is 0. The van der Waals surface area contributed by atoms with Crippen molar-refractivity contribution in [1.29, 1.82) is 10.5 Å². The van der Waals surface area contributed by atoms with E-state index in [1.165, 1.54) is 18.2 Å². The molecule has 12 heavy (non-hydrogen) atoms. The second-order valence-electron chi connectivity index (χ2n) is 1.89. The molecule has 0 aromatic heterocycles. The van der Waals surface area contributed by atoms with Gasteiger partial charge in [-0.25, -0.2) is 0 Å². The van der Waals surface area contributed by atoms with Gasteiger partial charge in [-0.05, 0) is 0 Å². The van der Waals surface area contributed by atoms with E-state index in [0.717, 1.165) is 0 Å². The normalized spacial score (nSPS) is 9.75. The Labute approximate surface area is 76.6 Å². The second-order valence-corrected chi connectivity index (χ2v) is 5.72. The molecule has 0 spiro atoms. The van der Waals surface area contributed by atoms with Crippen LogP contribution in [0.5, 0.6) is 0 Å². The van der Waals surface area contributed by atoms with Gasteiger partial charge in [0, 0.05) is 0 Å². The molecule has 0 bridgehead atoms. The van der Waals surface area contributed by atoms with Crippen molar-refractivity contribution in [3.05, 3.63) is 33.7 Å². The SMILES string of the molecule is N#CI(C#N)c1cccc(F)c1. The van der Waals surface area contributed by atoms with E-state index in [1.54, 1.807) is 6.07 Å². The molecule has 0 fully saturated rings. The molecule has 0 aliphatic heterocycles. The molecular weight excluding hydrogens is 270 g/mol. The summed E-state index contributed by atoms with van der Waals surface area (Å²) in [6.07, 6.45) is 0. The molecule has 2 nitrogen and oxygen atoms in total. The Morgan fingerprint density at radius 3 is 2.42 bits per heavy atom. The van der Waals surface area contributed by atoms with Gasteiger partial charge in [0.25, 0.3) is 0 Å². The first-order valence-electron chi connectivity index (χ1n) is 3.02. The molecule has 0 aliphatic carbocycles. The minimum absolute atomic E-state index is 0.389. The van der Waals surface area contributed by atoms with E-state index in [9.17, 15) is 4.39 Å². The van der Waals surface area contributed by atoms with Gasteiger partial charge in [-0.2, -0.15) is 0 Å². The molecule has 1 aromatic carbocycles. The summed E-state index contributed by atoms with van der Waals surface area (Å²) in [5.41, 5.74) is 0. The van der Waals surface area contributed by atoms with Crippen LogP contribution in [0, 0.1) is 28.1 Å². The fourth-order valence-corrected chi connectivity index (χ4v) is 2.53. The van der Waals surface area contributed by atoms with Crippen LogP contribution in [0.1, 0.15) is 0 Å². The quantitative estimate of drug-likeness (QED) is 0.738. The van der Waals surface area contributed by atoms with Crippen LogP contribution in [0.25, 0.3) is 0 Å². The van der Waals surface area contributed by atoms with Crippen LogP contribution in [-0.4, -0.2) is 0 Å². The van der Waals surface area contributed by atoms with Crippen molar-refractivity contribution < 1.29 is 4.39 Å². The maximum atomic E-state index is 12.6. The van der Waals surface area contributed by atoms with Gasteiger partial charge in [-0.3, -0.25) is 0 Å². The summed E-state index contributed by atoms with van der Waals surface area (Å²) in [4.78, 5) is 0. The van der Waals surface area contributed by atoms with Crippen molar-refractivity contribution in [2.24, 2.45) is 0 Å². The van der Waals surface area contributed by atoms with Crippen molar-refractivity contribution in [3.8, 4) is 8.15 Å². The van der Waals surface area contributed by atoms with Gasteiger partial charge in [0.05, 0.1) is 0 Å². The molecule has 60 valence electrons. The van der Waals surface area contributed by atoms with Crippen LogP contribution in [0.3, 0.4) is 0 Å². The Kier molecular flexibility index (Phi) is 3.01. The number of halogens is 2. The fraction of sp³-hybridized carbons (Fsp3) is 0. The first-order valence-corrected chi connectivity index (χ1v) is 6.26. The average Bonchev–Trinajstić information content (AvgIpc) is 2.07. The summed E-state index contributed by atoms with van der Waals surface area (Å²) in [6.45, 7) is 0. The van der Waals surface area contributed by atoms with Crippen LogP contribution in [0.15, 0.2) is 24.3 Å². The Morgan fingerprint density at radius 2 is 1.92 bits per heavy atom. The van der Waals surface area contributed by atoms with Crippen LogP contribution in [0.2, 0.25) is 0 Å². The summed E-state index contributed by atoms with van der Waals surface area (Å²) >= 11 is -2.38. The standard InChI is InChI=1S/C8H4FIN2/c9-7-2-1-3-8(4-7)10(5-11)6-12/h1-4H. The van der Waals surface area contributed by atoms with Crippen molar-refractivity contribution in [1.82, 2.24) is 0 Å². The van der Waals surface area contributed by atoms with Gasteiger partial charge in [0.2, 0.25) is 0 Å². The van der Waals surface area contributed by atoms with Gasteiger partial charge >= 0.3 is 76.5 Å². The Balaban J connectivity index is 3.06. The number of benzene rings is 1. The van der Waals surface area contributed by atoms with E-state index < -0.39 is 19.8 Å². The molecule has 1 rings (SSSR count). The van der Waals surface area contributed by atoms with Gasteiger partial charge in [-0.15, -0.1) is 0 Å². The second kappa shape index (κ2) is 4.03. The van der Waals surface area contributed by atoms with Gasteiger partial charge in [0.15, 0.2) is 0 Å².